The minimum Gasteiger partial charge on any atom is -0.465 e. The first-order valence-corrected chi connectivity index (χ1v) is 7.91. The molecule has 25 heavy (non-hydrogen) atoms. The van der Waals surface area contributed by atoms with E-state index in [0.717, 1.165) is 0 Å². The normalized spacial score (nSPS) is 11.3. The van der Waals surface area contributed by atoms with Gasteiger partial charge in [0, 0.05) is 11.6 Å². The molecule has 138 valence electrons. The first-order valence-electron chi connectivity index (χ1n) is 7.91. The fourth-order valence-electron chi connectivity index (χ4n) is 2.63. The summed E-state index contributed by atoms with van der Waals surface area (Å²) in [4.78, 5) is 35.8. The molecular formula is C17H21F2NO5. The predicted octanol–water partition coefficient (Wildman–Crippen LogP) is 3.77. The molecule has 0 atom stereocenters. The van der Waals surface area contributed by atoms with Gasteiger partial charge in [-0.3, -0.25) is 9.59 Å². The number of hydrogen-bond acceptors (Lipinski definition) is 6. The van der Waals surface area contributed by atoms with E-state index in [1.807, 2.05) is 0 Å². The lowest BCUT2D eigenvalue weighted by molar-refractivity contribution is -0.166. The van der Waals surface area contributed by atoms with Crippen molar-refractivity contribution in [2.24, 2.45) is 11.1 Å². The summed E-state index contributed by atoms with van der Waals surface area (Å²) in [6.07, 6.45) is -0.158. The molecule has 0 heterocycles. The standard InChI is InChI=1S/C17H21F2NO5/c1-5-24-15(21)17(9-10(3)4,16(22)25-6-2)11-7-13(19)14(20-23)8-12(11)18/h7-8,10H,5-6,9H2,1-4H3. The Morgan fingerprint density at radius 1 is 1.08 bits per heavy atom. The Hall–Kier alpha value is -2.38. The summed E-state index contributed by atoms with van der Waals surface area (Å²) in [7, 11) is 0. The van der Waals surface area contributed by atoms with Crippen LogP contribution in [0.3, 0.4) is 0 Å². The summed E-state index contributed by atoms with van der Waals surface area (Å²) in [5.41, 5.74) is -3.47. The number of benzene rings is 1. The number of ether oxygens (including phenoxy) is 2. The molecule has 8 heteroatoms. The van der Waals surface area contributed by atoms with Crippen LogP contribution < -0.4 is 0 Å². The van der Waals surface area contributed by atoms with Gasteiger partial charge in [-0.1, -0.05) is 13.8 Å². The topological polar surface area (TPSA) is 82.0 Å². The van der Waals surface area contributed by atoms with E-state index in [2.05, 4.69) is 5.18 Å². The summed E-state index contributed by atoms with van der Waals surface area (Å²) in [5, 5.41) is 2.38. The highest BCUT2D eigenvalue weighted by atomic mass is 19.1. The van der Waals surface area contributed by atoms with Gasteiger partial charge in [0.1, 0.15) is 11.5 Å². The van der Waals surface area contributed by atoms with Gasteiger partial charge in [-0.05, 0) is 37.4 Å². The zero-order valence-electron chi connectivity index (χ0n) is 14.6. The molecule has 1 rings (SSSR count). The number of carbonyl (C=O) groups excluding carboxylic acids is 2. The fourth-order valence-corrected chi connectivity index (χ4v) is 2.63. The van der Waals surface area contributed by atoms with Crippen LogP contribution >= 0.6 is 0 Å². The van der Waals surface area contributed by atoms with E-state index in [4.69, 9.17) is 9.47 Å². The maximum absolute atomic E-state index is 14.6. The van der Waals surface area contributed by atoms with Gasteiger partial charge >= 0.3 is 11.9 Å². The average Bonchev–Trinajstić information content (AvgIpc) is 2.54. The molecule has 0 aliphatic rings. The van der Waals surface area contributed by atoms with Crippen molar-refractivity contribution < 1.29 is 27.8 Å². The highest BCUT2D eigenvalue weighted by molar-refractivity contribution is 6.06. The molecule has 0 saturated heterocycles. The lowest BCUT2D eigenvalue weighted by Gasteiger charge is -2.31. The van der Waals surface area contributed by atoms with Crippen LogP contribution in [0.25, 0.3) is 0 Å². The molecule has 0 saturated carbocycles. The van der Waals surface area contributed by atoms with E-state index in [1.165, 1.54) is 13.8 Å². The van der Waals surface area contributed by atoms with Crippen molar-refractivity contribution in [3.8, 4) is 0 Å². The van der Waals surface area contributed by atoms with Crippen LogP contribution in [0.5, 0.6) is 0 Å². The van der Waals surface area contributed by atoms with E-state index < -0.39 is 40.2 Å². The van der Waals surface area contributed by atoms with E-state index in [1.54, 1.807) is 13.8 Å². The zero-order valence-corrected chi connectivity index (χ0v) is 14.6. The van der Waals surface area contributed by atoms with Crippen LogP contribution in [0.15, 0.2) is 17.3 Å². The van der Waals surface area contributed by atoms with E-state index in [0.29, 0.717) is 12.1 Å². The average molecular weight is 357 g/mol. The SMILES string of the molecule is CCOC(=O)C(CC(C)C)(C(=O)OCC)c1cc(F)c(N=O)cc1F. The van der Waals surface area contributed by atoms with Crippen molar-refractivity contribution >= 4 is 17.6 Å². The molecule has 6 nitrogen and oxygen atoms in total. The monoisotopic (exact) mass is 357 g/mol. The maximum atomic E-state index is 14.6. The fraction of sp³-hybridized carbons (Fsp3) is 0.529. The van der Waals surface area contributed by atoms with Crippen molar-refractivity contribution in [2.45, 2.75) is 39.5 Å². The lowest BCUT2D eigenvalue weighted by atomic mass is 9.73. The van der Waals surface area contributed by atoms with Gasteiger partial charge in [-0.2, -0.15) is 0 Å². The minimum absolute atomic E-state index is 0.0594. The van der Waals surface area contributed by atoms with Crippen LogP contribution in [-0.2, 0) is 24.5 Å². The number of halogens is 2. The van der Waals surface area contributed by atoms with Crippen LogP contribution in [0.1, 0.15) is 39.7 Å². The Balaban J connectivity index is 3.74. The second-order valence-corrected chi connectivity index (χ2v) is 5.82. The summed E-state index contributed by atoms with van der Waals surface area (Å²) < 4.78 is 38.5. The molecule has 0 aliphatic carbocycles. The highest BCUT2D eigenvalue weighted by Gasteiger charge is 2.52. The van der Waals surface area contributed by atoms with Gasteiger partial charge in [-0.25, -0.2) is 8.78 Å². The second-order valence-electron chi connectivity index (χ2n) is 5.82. The van der Waals surface area contributed by atoms with Crippen molar-refractivity contribution in [1.29, 1.82) is 0 Å². The number of nitroso groups, excluding NO2 is 1. The van der Waals surface area contributed by atoms with E-state index in [9.17, 15) is 23.3 Å². The molecule has 1 aromatic carbocycles. The smallest absolute Gasteiger partial charge is 0.328 e. The number of esters is 2. The van der Waals surface area contributed by atoms with Gasteiger partial charge in [0.2, 0.25) is 0 Å². The van der Waals surface area contributed by atoms with Gasteiger partial charge in [-0.15, -0.1) is 4.91 Å². The molecule has 0 spiro atoms. The minimum atomic E-state index is -2.17. The van der Waals surface area contributed by atoms with Crippen molar-refractivity contribution in [1.82, 2.24) is 0 Å². The summed E-state index contributed by atoms with van der Waals surface area (Å²) in [6.45, 7) is 6.36. The molecule has 1 aromatic rings. The van der Waals surface area contributed by atoms with E-state index >= 15 is 0 Å². The third-order valence-electron chi connectivity index (χ3n) is 3.56. The third kappa shape index (κ3) is 4.18. The molecule has 0 N–H and O–H groups in total. The predicted molar refractivity (Wildman–Crippen MR) is 86.2 cm³/mol. The van der Waals surface area contributed by atoms with Gasteiger partial charge in [0.25, 0.3) is 0 Å². The van der Waals surface area contributed by atoms with Crippen molar-refractivity contribution in [3.05, 3.63) is 34.2 Å². The van der Waals surface area contributed by atoms with Gasteiger partial charge in [0.15, 0.2) is 11.2 Å². The second kappa shape index (κ2) is 8.64. The van der Waals surface area contributed by atoms with Crippen LogP contribution in [0.4, 0.5) is 14.5 Å². The van der Waals surface area contributed by atoms with Gasteiger partial charge in [0.05, 0.1) is 13.2 Å². The molecular weight excluding hydrogens is 336 g/mol. The molecule has 0 bridgehead atoms. The number of nitrogens with zero attached hydrogens (tertiary/aromatic N) is 1. The first kappa shape index (κ1) is 20.7. The lowest BCUT2D eigenvalue weighted by Crippen LogP contribution is -2.48. The molecule has 0 aromatic heterocycles. The third-order valence-corrected chi connectivity index (χ3v) is 3.56. The summed E-state index contributed by atoms with van der Waals surface area (Å²) >= 11 is 0. The Bertz CT molecular complexity index is 643. The Morgan fingerprint density at radius 3 is 2.00 bits per heavy atom. The zero-order chi connectivity index (χ0) is 19.2. The van der Waals surface area contributed by atoms with Crippen molar-refractivity contribution in [2.75, 3.05) is 13.2 Å². The Morgan fingerprint density at radius 2 is 1.60 bits per heavy atom. The van der Waals surface area contributed by atoms with E-state index in [-0.39, 0.29) is 25.6 Å². The van der Waals surface area contributed by atoms with Crippen LogP contribution in [0.2, 0.25) is 0 Å². The molecule has 0 unspecified atom stereocenters. The largest absolute Gasteiger partial charge is 0.465 e. The quantitative estimate of drug-likeness (QED) is 0.402. The Labute approximate surface area is 144 Å². The van der Waals surface area contributed by atoms with Crippen LogP contribution in [0, 0.1) is 22.5 Å². The molecule has 0 radical (unpaired) electrons. The number of hydrogen-bond donors (Lipinski definition) is 0. The number of carbonyl (C=O) groups is 2. The highest BCUT2D eigenvalue weighted by Crippen LogP contribution is 2.38. The molecule has 0 aliphatic heterocycles. The number of rotatable bonds is 8. The van der Waals surface area contributed by atoms with Crippen molar-refractivity contribution in [3.63, 3.8) is 0 Å². The van der Waals surface area contributed by atoms with Crippen LogP contribution in [-0.4, -0.2) is 25.2 Å². The van der Waals surface area contributed by atoms with Gasteiger partial charge < -0.3 is 9.47 Å². The summed E-state index contributed by atoms with van der Waals surface area (Å²) in [6, 6.07) is 1.17. The Kier molecular flexibility index (Phi) is 7.14. The molecule has 0 amide bonds. The molecule has 0 fully saturated rings. The first-order chi connectivity index (χ1) is 11.7. The maximum Gasteiger partial charge on any atom is 0.328 e. The summed E-state index contributed by atoms with van der Waals surface area (Å²) in [5.74, 6) is -4.58.